The molecule has 2 aromatic carbocycles. The van der Waals surface area contributed by atoms with Crippen LogP contribution in [0.25, 0.3) is 11.3 Å². The molecule has 1 nitrogen and oxygen atoms in total. The van der Waals surface area contributed by atoms with Crippen molar-refractivity contribution < 1.29 is 0 Å². The standard InChI is InChI=1S/C22H18BrN.C4H10/c1-16(18-8-4-3-5-9-18)21-10-6-7-11-22(21)24-17(2)19-12-14-20(23)15-13-19;1-3-4-2/h3-15H,2H2,1H3;3-4H2,1-2H3/b21-16+,24-22?;. The van der Waals surface area contributed by atoms with Gasteiger partial charge in [-0.15, -0.1) is 0 Å². The Morgan fingerprint density at radius 2 is 1.46 bits per heavy atom. The van der Waals surface area contributed by atoms with E-state index in [4.69, 9.17) is 4.99 Å². The molecule has 2 heteroatoms. The van der Waals surface area contributed by atoms with Crippen molar-refractivity contribution in [2.75, 3.05) is 0 Å². The largest absolute Gasteiger partial charge is 0.248 e. The van der Waals surface area contributed by atoms with Crippen LogP contribution in [0.5, 0.6) is 0 Å². The third kappa shape index (κ3) is 6.31. The van der Waals surface area contributed by atoms with E-state index in [9.17, 15) is 0 Å². The summed E-state index contributed by atoms with van der Waals surface area (Å²) in [6.45, 7) is 10.6. The van der Waals surface area contributed by atoms with E-state index < -0.39 is 0 Å². The fourth-order valence-corrected chi connectivity index (χ4v) is 2.85. The zero-order valence-corrected chi connectivity index (χ0v) is 18.5. The predicted molar refractivity (Wildman–Crippen MR) is 129 cm³/mol. The molecule has 0 unspecified atom stereocenters. The first-order chi connectivity index (χ1) is 13.6. The van der Waals surface area contributed by atoms with Gasteiger partial charge < -0.3 is 0 Å². The van der Waals surface area contributed by atoms with Gasteiger partial charge in [-0.3, -0.25) is 0 Å². The molecule has 3 rings (SSSR count). The van der Waals surface area contributed by atoms with Gasteiger partial charge in [0.05, 0.1) is 11.4 Å². The number of hydrogen-bond donors (Lipinski definition) is 0. The van der Waals surface area contributed by atoms with E-state index in [1.54, 1.807) is 0 Å². The van der Waals surface area contributed by atoms with Crippen LogP contribution in [0, 0.1) is 0 Å². The molecular formula is C26H28BrN. The summed E-state index contributed by atoms with van der Waals surface area (Å²) >= 11 is 3.45. The molecule has 0 aliphatic heterocycles. The van der Waals surface area contributed by atoms with E-state index in [1.807, 2.05) is 48.6 Å². The highest BCUT2D eigenvalue weighted by Gasteiger charge is 2.10. The second kappa shape index (κ2) is 11.4. The van der Waals surface area contributed by atoms with Crippen LogP contribution in [0.4, 0.5) is 0 Å². The minimum atomic E-state index is 0.760. The third-order valence-corrected chi connectivity index (χ3v) is 4.98. The fraction of sp³-hybridized carbons (Fsp3) is 0.192. The van der Waals surface area contributed by atoms with Crippen LogP contribution in [-0.2, 0) is 0 Å². The van der Waals surface area contributed by atoms with Gasteiger partial charge in [0.1, 0.15) is 0 Å². The number of hydrogen-bond acceptors (Lipinski definition) is 1. The van der Waals surface area contributed by atoms with Crippen molar-refractivity contribution in [3.8, 4) is 0 Å². The number of benzene rings is 2. The summed E-state index contributed by atoms with van der Waals surface area (Å²) < 4.78 is 1.05. The molecule has 0 saturated carbocycles. The molecule has 1 aliphatic carbocycles. The maximum Gasteiger partial charge on any atom is 0.0712 e. The van der Waals surface area contributed by atoms with Gasteiger partial charge >= 0.3 is 0 Å². The Morgan fingerprint density at radius 1 is 0.857 bits per heavy atom. The topological polar surface area (TPSA) is 12.4 Å². The number of nitrogens with zero attached hydrogens (tertiary/aromatic N) is 1. The molecule has 0 aromatic heterocycles. The van der Waals surface area contributed by atoms with Crippen molar-refractivity contribution in [1.29, 1.82) is 0 Å². The Labute approximate surface area is 178 Å². The number of halogens is 1. The van der Waals surface area contributed by atoms with E-state index in [2.05, 4.69) is 73.6 Å². The summed E-state index contributed by atoms with van der Waals surface area (Å²) in [6.07, 6.45) is 10.8. The molecule has 0 N–H and O–H groups in total. The summed E-state index contributed by atoms with van der Waals surface area (Å²) in [7, 11) is 0. The first kappa shape index (κ1) is 21.8. The summed E-state index contributed by atoms with van der Waals surface area (Å²) in [5, 5.41) is 0. The second-order valence-electron chi connectivity index (χ2n) is 6.57. The summed E-state index contributed by atoms with van der Waals surface area (Å²) in [5.74, 6) is 0. The maximum absolute atomic E-state index is 4.77. The average molecular weight is 434 g/mol. The van der Waals surface area contributed by atoms with E-state index in [1.165, 1.54) is 24.0 Å². The van der Waals surface area contributed by atoms with Crippen molar-refractivity contribution in [3.05, 3.63) is 107 Å². The highest BCUT2D eigenvalue weighted by atomic mass is 79.9. The van der Waals surface area contributed by atoms with Crippen LogP contribution >= 0.6 is 15.9 Å². The van der Waals surface area contributed by atoms with Crippen LogP contribution < -0.4 is 0 Å². The first-order valence-electron chi connectivity index (χ1n) is 9.71. The van der Waals surface area contributed by atoms with Crippen LogP contribution in [0.2, 0.25) is 0 Å². The Bertz CT molecular complexity index is 895. The van der Waals surface area contributed by atoms with Gasteiger partial charge in [0.15, 0.2) is 0 Å². The average Bonchev–Trinajstić information content (AvgIpc) is 2.75. The number of allylic oxidation sites excluding steroid dienone is 6. The summed E-state index contributed by atoms with van der Waals surface area (Å²) in [5.41, 5.74) is 6.25. The second-order valence-corrected chi connectivity index (χ2v) is 7.49. The minimum absolute atomic E-state index is 0.760. The zero-order chi connectivity index (χ0) is 20.4. The fourth-order valence-electron chi connectivity index (χ4n) is 2.58. The molecule has 0 saturated heterocycles. The Kier molecular flexibility index (Phi) is 8.90. The van der Waals surface area contributed by atoms with Crippen LogP contribution in [-0.4, -0.2) is 5.71 Å². The van der Waals surface area contributed by atoms with Crippen LogP contribution in [0.1, 0.15) is 44.7 Å². The SMILES string of the molecule is C=C(N=C1C=CC=C/C1=C(/C)c1ccccc1)c1ccc(Br)cc1.CCCC. The monoisotopic (exact) mass is 433 g/mol. The lowest BCUT2D eigenvalue weighted by atomic mass is 9.95. The maximum atomic E-state index is 4.77. The lowest BCUT2D eigenvalue weighted by Crippen LogP contribution is -2.03. The van der Waals surface area contributed by atoms with Crippen molar-refractivity contribution in [2.45, 2.75) is 33.6 Å². The summed E-state index contributed by atoms with van der Waals surface area (Å²) in [4.78, 5) is 4.77. The summed E-state index contributed by atoms with van der Waals surface area (Å²) in [6, 6.07) is 18.4. The third-order valence-electron chi connectivity index (χ3n) is 4.45. The Morgan fingerprint density at radius 3 is 2.07 bits per heavy atom. The molecule has 0 atom stereocenters. The van der Waals surface area contributed by atoms with Gasteiger partial charge in [0.25, 0.3) is 0 Å². The molecule has 0 bridgehead atoms. The van der Waals surface area contributed by atoms with Gasteiger partial charge in [-0.2, -0.15) is 0 Å². The Hall–Kier alpha value is -2.45. The lowest BCUT2D eigenvalue weighted by Gasteiger charge is -2.13. The normalized spacial score (nSPS) is 15.8. The molecule has 0 spiro atoms. The van der Waals surface area contributed by atoms with Gasteiger partial charge in [0, 0.05) is 10.0 Å². The van der Waals surface area contributed by atoms with Gasteiger partial charge in [0.2, 0.25) is 0 Å². The van der Waals surface area contributed by atoms with Crippen molar-refractivity contribution in [2.24, 2.45) is 4.99 Å². The van der Waals surface area contributed by atoms with Crippen molar-refractivity contribution in [3.63, 3.8) is 0 Å². The van der Waals surface area contributed by atoms with Crippen molar-refractivity contribution in [1.82, 2.24) is 0 Å². The minimum Gasteiger partial charge on any atom is -0.248 e. The van der Waals surface area contributed by atoms with Crippen LogP contribution in [0.3, 0.4) is 0 Å². The molecule has 0 amide bonds. The molecule has 1 aliphatic rings. The van der Waals surface area contributed by atoms with Gasteiger partial charge in [-0.1, -0.05) is 110 Å². The Balaban J connectivity index is 0.000000640. The molecule has 144 valence electrons. The highest BCUT2D eigenvalue weighted by Crippen LogP contribution is 2.25. The quantitative estimate of drug-likeness (QED) is 0.459. The van der Waals surface area contributed by atoms with Gasteiger partial charge in [-0.25, -0.2) is 4.99 Å². The molecule has 0 radical (unpaired) electrons. The molecule has 0 heterocycles. The smallest absolute Gasteiger partial charge is 0.0712 e. The lowest BCUT2D eigenvalue weighted by molar-refractivity contribution is 0.886. The molecule has 28 heavy (non-hydrogen) atoms. The first-order valence-corrected chi connectivity index (χ1v) is 10.5. The molecular weight excluding hydrogens is 406 g/mol. The van der Waals surface area contributed by atoms with E-state index in [-0.39, 0.29) is 0 Å². The van der Waals surface area contributed by atoms with Crippen molar-refractivity contribution >= 4 is 32.9 Å². The number of unbranched alkanes of at least 4 members (excludes halogenated alkanes) is 1. The van der Waals surface area contributed by atoms with E-state index >= 15 is 0 Å². The predicted octanol–water partition coefficient (Wildman–Crippen LogP) is 8.27. The number of rotatable bonds is 4. The van der Waals surface area contributed by atoms with Gasteiger partial charge in [-0.05, 0) is 41.8 Å². The van der Waals surface area contributed by atoms with Crippen LogP contribution in [0.15, 0.2) is 101 Å². The zero-order valence-electron chi connectivity index (χ0n) is 17.0. The molecule has 0 fully saturated rings. The van der Waals surface area contributed by atoms with E-state index in [0.29, 0.717) is 0 Å². The number of aliphatic imine (C=N–C) groups is 1. The molecule has 2 aromatic rings. The highest BCUT2D eigenvalue weighted by molar-refractivity contribution is 9.10. The van der Waals surface area contributed by atoms with E-state index in [0.717, 1.165) is 27.0 Å².